The number of pyridine rings is 1. The van der Waals surface area contributed by atoms with Gasteiger partial charge in [0, 0.05) is 32.3 Å². The van der Waals surface area contributed by atoms with Crippen LogP contribution in [-0.4, -0.2) is 30.6 Å². The van der Waals surface area contributed by atoms with Crippen LogP contribution in [0.1, 0.15) is 31.2 Å². The second-order valence-electron chi connectivity index (χ2n) is 6.26. The average molecular weight is 339 g/mol. The Hall–Kier alpha value is -2.56. The summed E-state index contributed by atoms with van der Waals surface area (Å²) in [5.41, 5.74) is 1.02. The molecule has 25 heavy (non-hydrogen) atoms. The lowest BCUT2D eigenvalue weighted by molar-refractivity contribution is -0.121. The predicted octanol–water partition coefficient (Wildman–Crippen LogP) is 3.16. The zero-order valence-corrected chi connectivity index (χ0v) is 14.5. The standard InChI is InChI=1S/C20H25N3O2/c24-20(9-6-14-25-18-7-2-1-3-8-18)22-16-17-10-11-19(21-15-17)23-12-4-5-13-23/h1-3,7-8,10-11,15H,4-6,9,12-14,16H2,(H,22,24). The maximum absolute atomic E-state index is 11.9. The maximum atomic E-state index is 11.9. The Balaban J connectivity index is 1.33. The summed E-state index contributed by atoms with van der Waals surface area (Å²) in [4.78, 5) is 18.7. The molecule has 5 nitrogen and oxygen atoms in total. The molecule has 132 valence electrons. The van der Waals surface area contributed by atoms with Crippen molar-refractivity contribution in [1.29, 1.82) is 0 Å². The van der Waals surface area contributed by atoms with Crippen molar-refractivity contribution in [3.63, 3.8) is 0 Å². The summed E-state index contributed by atoms with van der Waals surface area (Å²) in [5, 5.41) is 2.94. The first-order chi connectivity index (χ1) is 12.3. The minimum Gasteiger partial charge on any atom is -0.494 e. The van der Waals surface area contributed by atoms with Crippen molar-refractivity contribution < 1.29 is 9.53 Å². The van der Waals surface area contributed by atoms with E-state index in [9.17, 15) is 4.79 Å². The molecular weight excluding hydrogens is 314 g/mol. The molecule has 3 rings (SSSR count). The van der Waals surface area contributed by atoms with E-state index in [2.05, 4.69) is 15.2 Å². The molecule has 0 atom stereocenters. The van der Waals surface area contributed by atoms with E-state index < -0.39 is 0 Å². The molecule has 2 aromatic rings. The van der Waals surface area contributed by atoms with Gasteiger partial charge in [-0.05, 0) is 43.0 Å². The van der Waals surface area contributed by atoms with E-state index in [4.69, 9.17) is 4.74 Å². The molecule has 1 amide bonds. The van der Waals surface area contributed by atoms with Gasteiger partial charge >= 0.3 is 0 Å². The third-order valence-electron chi connectivity index (χ3n) is 4.29. The van der Waals surface area contributed by atoms with Crippen LogP contribution in [0.15, 0.2) is 48.7 Å². The van der Waals surface area contributed by atoms with Gasteiger partial charge in [0.15, 0.2) is 0 Å². The second-order valence-corrected chi connectivity index (χ2v) is 6.26. The normalized spacial score (nSPS) is 13.7. The van der Waals surface area contributed by atoms with Crippen molar-refractivity contribution >= 4 is 11.7 Å². The fourth-order valence-electron chi connectivity index (χ4n) is 2.88. The van der Waals surface area contributed by atoms with E-state index in [-0.39, 0.29) is 5.91 Å². The highest BCUT2D eigenvalue weighted by atomic mass is 16.5. The molecule has 1 aliphatic rings. The number of carbonyl (C=O) groups is 1. The molecular formula is C20H25N3O2. The number of hydrogen-bond acceptors (Lipinski definition) is 4. The van der Waals surface area contributed by atoms with Crippen LogP contribution in [0.4, 0.5) is 5.82 Å². The van der Waals surface area contributed by atoms with Crippen molar-refractivity contribution in [1.82, 2.24) is 10.3 Å². The third-order valence-corrected chi connectivity index (χ3v) is 4.29. The highest BCUT2D eigenvalue weighted by Crippen LogP contribution is 2.17. The minimum atomic E-state index is 0.0419. The molecule has 0 saturated carbocycles. The van der Waals surface area contributed by atoms with Crippen LogP contribution in [0.2, 0.25) is 0 Å². The lowest BCUT2D eigenvalue weighted by Gasteiger charge is -2.16. The molecule has 2 heterocycles. The first kappa shape index (κ1) is 17.3. The van der Waals surface area contributed by atoms with Gasteiger partial charge in [0.25, 0.3) is 0 Å². The van der Waals surface area contributed by atoms with E-state index in [1.807, 2.05) is 48.7 Å². The number of aromatic nitrogens is 1. The summed E-state index contributed by atoms with van der Waals surface area (Å²) < 4.78 is 5.59. The van der Waals surface area contributed by atoms with E-state index in [1.165, 1.54) is 12.8 Å². The van der Waals surface area contributed by atoms with Gasteiger partial charge in [-0.2, -0.15) is 0 Å². The van der Waals surface area contributed by atoms with E-state index in [0.29, 0.717) is 26.0 Å². The molecule has 5 heteroatoms. The van der Waals surface area contributed by atoms with Gasteiger partial charge < -0.3 is 15.0 Å². The molecule has 1 fully saturated rings. The van der Waals surface area contributed by atoms with Crippen LogP contribution in [0.3, 0.4) is 0 Å². The highest BCUT2D eigenvalue weighted by Gasteiger charge is 2.13. The van der Waals surface area contributed by atoms with Crippen LogP contribution in [0.5, 0.6) is 5.75 Å². The average Bonchev–Trinajstić information content (AvgIpc) is 3.20. The second kappa shape index (κ2) is 9.06. The number of carbonyl (C=O) groups excluding carboxylic acids is 1. The molecule has 0 aliphatic carbocycles. The summed E-state index contributed by atoms with van der Waals surface area (Å²) in [7, 11) is 0. The van der Waals surface area contributed by atoms with Crippen molar-refractivity contribution in [3.05, 3.63) is 54.2 Å². The van der Waals surface area contributed by atoms with Gasteiger partial charge in [-0.15, -0.1) is 0 Å². The van der Waals surface area contributed by atoms with Crippen LogP contribution in [0.25, 0.3) is 0 Å². The third kappa shape index (κ3) is 5.48. The lowest BCUT2D eigenvalue weighted by Crippen LogP contribution is -2.23. The number of para-hydroxylation sites is 1. The minimum absolute atomic E-state index is 0.0419. The zero-order valence-electron chi connectivity index (χ0n) is 14.5. The van der Waals surface area contributed by atoms with Crippen molar-refractivity contribution in [2.45, 2.75) is 32.2 Å². The number of hydrogen-bond donors (Lipinski definition) is 1. The van der Waals surface area contributed by atoms with Crippen molar-refractivity contribution in [3.8, 4) is 5.75 Å². The summed E-state index contributed by atoms with van der Waals surface area (Å²) in [5.74, 6) is 1.91. The van der Waals surface area contributed by atoms with Crippen LogP contribution < -0.4 is 15.0 Å². The monoisotopic (exact) mass is 339 g/mol. The Morgan fingerprint density at radius 1 is 1.12 bits per heavy atom. The molecule has 1 N–H and O–H groups in total. The first-order valence-electron chi connectivity index (χ1n) is 8.96. The highest BCUT2D eigenvalue weighted by molar-refractivity contribution is 5.75. The quantitative estimate of drug-likeness (QED) is 0.751. The number of rotatable bonds is 8. The number of nitrogens with zero attached hydrogens (tertiary/aromatic N) is 2. The number of nitrogens with one attached hydrogen (secondary N) is 1. The van der Waals surface area contributed by atoms with E-state index in [0.717, 1.165) is 30.2 Å². The Morgan fingerprint density at radius 3 is 2.64 bits per heavy atom. The smallest absolute Gasteiger partial charge is 0.220 e. The predicted molar refractivity (Wildman–Crippen MR) is 98.7 cm³/mol. The van der Waals surface area contributed by atoms with Gasteiger partial charge in [0.05, 0.1) is 6.61 Å². The Morgan fingerprint density at radius 2 is 1.92 bits per heavy atom. The zero-order chi connectivity index (χ0) is 17.3. The fourth-order valence-corrected chi connectivity index (χ4v) is 2.88. The molecule has 0 unspecified atom stereocenters. The topological polar surface area (TPSA) is 54.5 Å². The number of benzene rings is 1. The Labute approximate surface area is 149 Å². The summed E-state index contributed by atoms with van der Waals surface area (Å²) in [6.45, 7) is 3.25. The molecule has 1 aliphatic heterocycles. The molecule has 1 saturated heterocycles. The van der Waals surface area contributed by atoms with Crippen LogP contribution in [-0.2, 0) is 11.3 Å². The summed E-state index contributed by atoms with van der Waals surface area (Å²) in [6.07, 6.45) is 5.51. The van der Waals surface area contributed by atoms with Gasteiger partial charge in [0.1, 0.15) is 11.6 Å². The van der Waals surface area contributed by atoms with E-state index in [1.54, 1.807) is 0 Å². The molecule has 0 spiro atoms. The number of amides is 1. The van der Waals surface area contributed by atoms with Crippen LogP contribution in [0, 0.1) is 0 Å². The van der Waals surface area contributed by atoms with Gasteiger partial charge in [-0.25, -0.2) is 4.98 Å². The SMILES string of the molecule is O=C(CCCOc1ccccc1)NCc1ccc(N2CCCC2)nc1. The lowest BCUT2D eigenvalue weighted by atomic mass is 10.2. The Bertz CT molecular complexity index is 652. The van der Waals surface area contributed by atoms with Crippen molar-refractivity contribution in [2.75, 3.05) is 24.6 Å². The molecule has 0 bridgehead atoms. The van der Waals surface area contributed by atoms with Gasteiger partial charge in [0.2, 0.25) is 5.91 Å². The summed E-state index contributed by atoms with van der Waals surface area (Å²) >= 11 is 0. The first-order valence-corrected chi connectivity index (χ1v) is 8.96. The fraction of sp³-hybridized carbons (Fsp3) is 0.400. The van der Waals surface area contributed by atoms with Gasteiger partial charge in [-0.3, -0.25) is 4.79 Å². The van der Waals surface area contributed by atoms with Crippen molar-refractivity contribution in [2.24, 2.45) is 0 Å². The molecule has 1 aromatic heterocycles. The molecule has 0 radical (unpaired) electrons. The Kier molecular flexibility index (Phi) is 6.26. The largest absolute Gasteiger partial charge is 0.494 e. The van der Waals surface area contributed by atoms with Gasteiger partial charge in [-0.1, -0.05) is 24.3 Å². The number of ether oxygens (including phenoxy) is 1. The molecule has 1 aromatic carbocycles. The number of anilines is 1. The maximum Gasteiger partial charge on any atom is 0.220 e. The van der Waals surface area contributed by atoms with E-state index >= 15 is 0 Å². The van der Waals surface area contributed by atoms with Crippen LogP contribution >= 0.6 is 0 Å². The summed E-state index contributed by atoms with van der Waals surface area (Å²) in [6, 6.07) is 13.7.